The number of nitrogens with zero attached hydrogens (tertiary/aromatic N) is 1. The van der Waals surface area contributed by atoms with Gasteiger partial charge in [0.15, 0.2) is 17.1 Å². The number of allylic oxidation sites excluding steroid dienone is 2. The van der Waals surface area contributed by atoms with Crippen LogP contribution in [-0.4, -0.2) is 60.0 Å². The first-order valence-corrected chi connectivity index (χ1v) is 16.7. The first kappa shape index (κ1) is 30.7. The summed E-state index contributed by atoms with van der Waals surface area (Å²) < 4.78 is 57.6. The number of esters is 1. The number of likely N-dealkylation sites (tertiary alicyclic amines) is 1. The van der Waals surface area contributed by atoms with Gasteiger partial charge in [-0.2, -0.15) is 13.2 Å². The molecule has 1 spiro atoms. The third kappa shape index (κ3) is 5.00. The van der Waals surface area contributed by atoms with E-state index >= 15 is 0 Å². The molecule has 7 rings (SSSR count). The lowest BCUT2D eigenvalue weighted by molar-refractivity contribution is -0.968. The number of hydrogen-bond donors (Lipinski definition) is 1. The van der Waals surface area contributed by atoms with E-state index in [-0.39, 0.29) is 23.0 Å². The Morgan fingerprint density at radius 2 is 1.89 bits per heavy atom. The van der Waals surface area contributed by atoms with Crippen molar-refractivity contribution in [2.24, 2.45) is 29.1 Å². The number of hydrogen-bond acceptors (Lipinski definition) is 4. The normalized spacial score (nSPS) is 37.0. The number of benzene rings is 1. The zero-order valence-corrected chi connectivity index (χ0v) is 26.4. The third-order valence-electron chi connectivity index (χ3n) is 11.6. The van der Waals surface area contributed by atoms with Crippen LogP contribution in [0.15, 0.2) is 59.7 Å². The van der Waals surface area contributed by atoms with Crippen molar-refractivity contribution in [3.05, 3.63) is 65.3 Å². The summed E-state index contributed by atoms with van der Waals surface area (Å²) in [5.41, 5.74) is -2.01. The van der Waals surface area contributed by atoms with Gasteiger partial charge in [0.25, 0.3) is 5.91 Å². The Labute approximate surface area is 263 Å². The van der Waals surface area contributed by atoms with E-state index in [2.05, 4.69) is 25.2 Å². The van der Waals surface area contributed by atoms with Gasteiger partial charge >= 0.3 is 12.1 Å². The first-order chi connectivity index (χ1) is 21.4. The Morgan fingerprint density at radius 3 is 2.56 bits per heavy atom. The minimum absolute atomic E-state index is 0.00479. The molecule has 1 N–H and O–H groups in total. The third-order valence-corrected chi connectivity index (χ3v) is 11.6. The maximum Gasteiger partial charge on any atom is 0.425 e. The SMILES string of the molecule is CC(=O)OC(=C(C(=O)NC12C=CC=C3C[C@@H]4[C@@H]5CCC[C@H](O1)[C@]5(CC[N+]4(CC(C)C)CC1CC1)C32)C(F)(F)F)c1ccccc1. The van der Waals surface area contributed by atoms with Crippen molar-refractivity contribution in [2.75, 3.05) is 19.6 Å². The second-order valence-corrected chi connectivity index (χ2v) is 14.9. The van der Waals surface area contributed by atoms with Gasteiger partial charge in [0.1, 0.15) is 0 Å². The lowest BCUT2D eigenvalue weighted by Crippen LogP contribution is -2.73. The monoisotopic (exact) mass is 625 g/mol. The Morgan fingerprint density at radius 1 is 1.13 bits per heavy atom. The standard InChI is InChI=1S/C36H43F3N2O4/c1-22(2)20-41(21-24-14-15-24)18-17-34-27-12-7-13-29(34)45-35(16-8-11-26(32(34)35)19-28(27)41)40-33(43)30(36(37,38)39)31(44-23(3)42)25-9-5-4-6-10-25/h4-6,8-11,16,22,24,27-29,32H,7,12-15,17-21H2,1-3H3/p+1/t27-,28+,29-,32?,34+,35?,41?/m0/s1. The smallest absolute Gasteiger partial charge is 0.425 e. The van der Waals surface area contributed by atoms with Gasteiger partial charge in [0, 0.05) is 54.4 Å². The van der Waals surface area contributed by atoms with Crippen molar-refractivity contribution in [2.45, 2.75) is 89.8 Å². The number of rotatable bonds is 8. The molecule has 45 heavy (non-hydrogen) atoms. The average Bonchev–Trinajstić information content (AvgIpc) is 3.72. The molecule has 9 heteroatoms. The molecule has 3 saturated carbocycles. The molecule has 0 radical (unpaired) electrons. The number of carbonyl (C=O) groups is 2. The van der Waals surface area contributed by atoms with Gasteiger partial charge in [-0.15, -0.1) is 0 Å². The van der Waals surface area contributed by atoms with E-state index in [0.29, 0.717) is 17.9 Å². The second-order valence-electron chi connectivity index (χ2n) is 14.9. The van der Waals surface area contributed by atoms with Crippen LogP contribution in [0.25, 0.3) is 5.76 Å². The maximum atomic E-state index is 14.8. The fourth-order valence-electron chi connectivity index (χ4n) is 10.3. The molecule has 4 aliphatic carbocycles. The number of alkyl halides is 3. The van der Waals surface area contributed by atoms with Gasteiger partial charge in [-0.25, -0.2) is 0 Å². The molecule has 1 aromatic rings. The molecule has 2 heterocycles. The fourth-order valence-corrected chi connectivity index (χ4v) is 10.3. The number of halogens is 3. The zero-order chi connectivity index (χ0) is 31.8. The average molecular weight is 626 g/mol. The second kappa shape index (κ2) is 10.8. The van der Waals surface area contributed by atoms with Crippen molar-refractivity contribution < 1.29 is 36.7 Å². The Hall–Kier alpha value is -2.91. The molecule has 3 unspecified atom stereocenters. The molecule has 1 amide bonds. The van der Waals surface area contributed by atoms with E-state index < -0.39 is 35.1 Å². The highest BCUT2D eigenvalue weighted by Crippen LogP contribution is 2.70. The number of amides is 1. The van der Waals surface area contributed by atoms with Crippen LogP contribution in [0.5, 0.6) is 0 Å². The van der Waals surface area contributed by atoms with Gasteiger partial charge in [0.05, 0.1) is 31.8 Å². The highest BCUT2D eigenvalue weighted by atomic mass is 19.4. The quantitative estimate of drug-likeness (QED) is 0.151. The zero-order valence-electron chi connectivity index (χ0n) is 26.4. The summed E-state index contributed by atoms with van der Waals surface area (Å²) in [6.45, 7) is 9.08. The van der Waals surface area contributed by atoms with Crippen molar-refractivity contribution in [3.8, 4) is 0 Å². The molecule has 6 nitrogen and oxygen atoms in total. The van der Waals surface area contributed by atoms with Gasteiger partial charge in [0.2, 0.25) is 0 Å². The van der Waals surface area contributed by atoms with Crippen molar-refractivity contribution in [3.63, 3.8) is 0 Å². The number of piperidine rings is 1. The highest BCUT2D eigenvalue weighted by Gasteiger charge is 2.75. The van der Waals surface area contributed by atoms with E-state index in [0.717, 1.165) is 62.5 Å². The topological polar surface area (TPSA) is 64.6 Å². The predicted octanol–water partition coefficient (Wildman–Crippen LogP) is 6.69. The van der Waals surface area contributed by atoms with Crippen molar-refractivity contribution in [1.29, 1.82) is 0 Å². The van der Waals surface area contributed by atoms with E-state index in [1.165, 1.54) is 49.2 Å². The first-order valence-electron chi connectivity index (χ1n) is 16.7. The summed E-state index contributed by atoms with van der Waals surface area (Å²) in [7, 11) is 0. The Balaban J connectivity index is 1.30. The van der Waals surface area contributed by atoms with Gasteiger partial charge in [-0.1, -0.05) is 68.3 Å². The lowest BCUT2D eigenvalue weighted by atomic mass is 9.46. The molecule has 6 aliphatic rings. The van der Waals surface area contributed by atoms with Gasteiger partial charge in [-0.05, 0) is 31.8 Å². The molecule has 7 atom stereocenters. The molecule has 5 fully saturated rings. The van der Waals surface area contributed by atoms with Crippen molar-refractivity contribution >= 4 is 17.6 Å². The molecule has 0 aromatic heterocycles. The molecular weight excluding hydrogens is 581 g/mol. The van der Waals surface area contributed by atoms with Crippen LogP contribution in [0.2, 0.25) is 0 Å². The summed E-state index contributed by atoms with van der Waals surface area (Å²) in [5, 5.41) is 2.80. The van der Waals surface area contributed by atoms with Crippen LogP contribution in [0.4, 0.5) is 13.2 Å². The number of ether oxygens (including phenoxy) is 2. The summed E-state index contributed by atoms with van der Waals surface area (Å²) in [6, 6.07) is 7.97. The lowest BCUT2D eigenvalue weighted by Gasteiger charge is -2.65. The van der Waals surface area contributed by atoms with Crippen molar-refractivity contribution in [1.82, 2.24) is 5.32 Å². The molecular formula is C36H44F3N2O4+. The Kier molecular flexibility index (Phi) is 7.40. The summed E-state index contributed by atoms with van der Waals surface area (Å²) >= 11 is 0. The summed E-state index contributed by atoms with van der Waals surface area (Å²) in [4.78, 5) is 26.0. The molecule has 242 valence electrons. The molecule has 2 saturated heterocycles. The van der Waals surface area contributed by atoms with E-state index in [1.807, 2.05) is 6.08 Å². The number of nitrogens with one attached hydrogen (secondary N) is 1. The van der Waals surface area contributed by atoms with Crippen LogP contribution in [0.1, 0.15) is 71.3 Å². The predicted molar refractivity (Wildman–Crippen MR) is 163 cm³/mol. The number of carbonyl (C=O) groups excluding carboxylic acids is 2. The van der Waals surface area contributed by atoms with Crippen LogP contribution in [-0.2, 0) is 19.1 Å². The number of quaternary nitrogens is 1. The largest absolute Gasteiger partial charge is 0.425 e. The van der Waals surface area contributed by atoms with Crippen LogP contribution < -0.4 is 5.32 Å². The highest BCUT2D eigenvalue weighted by molar-refractivity contribution is 6.03. The maximum absolute atomic E-state index is 14.8. The van der Waals surface area contributed by atoms with E-state index in [9.17, 15) is 22.8 Å². The molecule has 1 aromatic carbocycles. The minimum Gasteiger partial charge on any atom is -0.425 e. The van der Waals surface area contributed by atoms with E-state index in [4.69, 9.17) is 9.47 Å². The minimum atomic E-state index is -5.09. The molecule has 2 aliphatic heterocycles. The van der Waals surface area contributed by atoms with Gasteiger partial charge < -0.3 is 19.3 Å². The Bertz CT molecular complexity index is 1460. The molecule has 2 bridgehead atoms. The van der Waals surface area contributed by atoms with Crippen LogP contribution in [0, 0.1) is 29.1 Å². The summed E-state index contributed by atoms with van der Waals surface area (Å²) in [5.74, 6) is -1.59. The summed E-state index contributed by atoms with van der Waals surface area (Å²) in [6.07, 6.45) is 7.87. The van der Waals surface area contributed by atoms with E-state index in [1.54, 1.807) is 12.1 Å². The fraction of sp³-hybridized carbons (Fsp3) is 0.611. The van der Waals surface area contributed by atoms with Crippen LogP contribution in [0.3, 0.4) is 0 Å². The van der Waals surface area contributed by atoms with Crippen LogP contribution >= 0.6 is 0 Å². The van der Waals surface area contributed by atoms with Gasteiger partial charge in [-0.3, -0.25) is 9.59 Å².